The number of nitrogen functional groups attached to an aromatic ring is 1. The van der Waals surface area contributed by atoms with E-state index in [0.717, 1.165) is 20.0 Å². The number of carbonyl (C=O) groups excluding carboxylic acids is 1. The SMILES string of the molecule is Cn1c(N)c(C(=O)Cn2cnc3c(Cl)cc(Cl)cc3c2=O)c(=O)n(C)c1=O. The van der Waals surface area contributed by atoms with Gasteiger partial charge in [0.25, 0.3) is 11.1 Å². The fraction of sp³-hybridized carbons (Fsp3) is 0.188. The van der Waals surface area contributed by atoms with Crippen molar-refractivity contribution in [3.63, 3.8) is 0 Å². The molecule has 0 bridgehead atoms. The van der Waals surface area contributed by atoms with Crippen molar-refractivity contribution in [2.24, 2.45) is 14.1 Å². The molecule has 0 spiro atoms. The molecule has 140 valence electrons. The maximum Gasteiger partial charge on any atom is 0.332 e. The Hall–Kier alpha value is -2.91. The Bertz CT molecular complexity index is 1290. The number of ketones is 1. The molecule has 1 aromatic carbocycles. The standard InChI is InChI=1S/C16H13Cl2N5O4/c1-21-13(19)11(15(26)22(2)16(21)27)10(24)5-23-6-20-12-8(14(23)25)3-7(17)4-9(12)18/h3-4,6H,5,19H2,1-2H3. The Kier molecular flexibility index (Phi) is 4.66. The van der Waals surface area contributed by atoms with Gasteiger partial charge in [0.15, 0.2) is 5.78 Å². The summed E-state index contributed by atoms with van der Waals surface area (Å²) in [5.74, 6) is -1.01. The lowest BCUT2D eigenvalue weighted by molar-refractivity contribution is 0.0968. The molecule has 0 saturated carbocycles. The van der Waals surface area contributed by atoms with Crippen LogP contribution in [-0.2, 0) is 20.6 Å². The van der Waals surface area contributed by atoms with Gasteiger partial charge in [0.1, 0.15) is 11.4 Å². The summed E-state index contributed by atoms with van der Waals surface area (Å²) >= 11 is 11.9. The van der Waals surface area contributed by atoms with Crippen molar-refractivity contribution in [2.45, 2.75) is 6.54 Å². The van der Waals surface area contributed by atoms with Gasteiger partial charge in [-0.15, -0.1) is 0 Å². The molecule has 2 aromatic heterocycles. The molecule has 3 aromatic rings. The highest BCUT2D eigenvalue weighted by Gasteiger charge is 2.21. The quantitative estimate of drug-likeness (QED) is 0.630. The lowest BCUT2D eigenvalue weighted by atomic mass is 10.2. The second kappa shape index (κ2) is 6.67. The molecule has 9 nitrogen and oxygen atoms in total. The molecular formula is C16H13Cl2N5O4. The first-order chi connectivity index (χ1) is 12.6. The van der Waals surface area contributed by atoms with Crippen LogP contribution in [0.25, 0.3) is 10.9 Å². The van der Waals surface area contributed by atoms with Crippen molar-refractivity contribution in [2.75, 3.05) is 5.73 Å². The maximum absolute atomic E-state index is 12.6. The number of Topliss-reactive ketones (excluding diaryl/α,β-unsaturated/α-hetero) is 1. The number of hydrogen-bond donors (Lipinski definition) is 1. The van der Waals surface area contributed by atoms with Crippen LogP contribution < -0.4 is 22.5 Å². The summed E-state index contributed by atoms with van der Waals surface area (Å²) in [4.78, 5) is 53.5. The molecule has 2 N–H and O–H groups in total. The van der Waals surface area contributed by atoms with Crippen LogP contribution in [0.1, 0.15) is 10.4 Å². The van der Waals surface area contributed by atoms with E-state index in [1.807, 2.05) is 0 Å². The minimum atomic E-state index is -0.839. The zero-order valence-corrected chi connectivity index (χ0v) is 15.7. The van der Waals surface area contributed by atoms with Crippen LogP contribution in [-0.4, -0.2) is 24.5 Å². The third-order valence-corrected chi connectivity index (χ3v) is 4.65. The Morgan fingerprint density at radius 1 is 1.11 bits per heavy atom. The van der Waals surface area contributed by atoms with Crippen molar-refractivity contribution in [3.05, 3.63) is 65.3 Å². The predicted octanol–water partition coefficient (Wildman–Crippen LogP) is 0.566. The zero-order chi connectivity index (χ0) is 20.0. The summed E-state index contributed by atoms with van der Waals surface area (Å²) in [6.07, 6.45) is 1.14. The summed E-state index contributed by atoms with van der Waals surface area (Å²) in [6, 6.07) is 2.83. The van der Waals surface area contributed by atoms with Crippen LogP contribution >= 0.6 is 23.2 Å². The molecule has 0 saturated heterocycles. The molecule has 0 radical (unpaired) electrons. The van der Waals surface area contributed by atoms with Gasteiger partial charge in [-0.3, -0.25) is 28.1 Å². The minimum absolute atomic E-state index is 0.129. The molecule has 0 unspecified atom stereocenters. The van der Waals surface area contributed by atoms with E-state index in [9.17, 15) is 19.2 Å². The van der Waals surface area contributed by atoms with Crippen molar-refractivity contribution in [1.29, 1.82) is 0 Å². The first-order valence-corrected chi connectivity index (χ1v) is 8.32. The summed E-state index contributed by atoms with van der Waals surface area (Å²) in [7, 11) is 2.57. The third-order valence-electron chi connectivity index (χ3n) is 4.15. The van der Waals surface area contributed by atoms with E-state index in [2.05, 4.69) is 4.98 Å². The number of nitrogens with two attached hydrogens (primary N) is 1. The third kappa shape index (κ3) is 3.04. The number of carbonyl (C=O) groups is 1. The van der Waals surface area contributed by atoms with E-state index in [0.29, 0.717) is 0 Å². The number of halogens is 2. The van der Waals surface area contributed by atoms with Gasteiger partial charge in [-0.2, -0.15) is 0 Å². The van der Waals surface area contributed by atoms with E-state index in [1.165, 1.54) is 26.2 Å². The van der Waals surface area contributed by atoms with E-state index in [1.54, 1.807) is 0 Å². The monoisotopic (exact) mass is 409 g/mol. The summed E-state index contributed by atoms with van der Waals surface area (Å²) in [6.45, 7) is -0.496. The number of fused-ring (bicyclic) bond motifs is 1. The number of hydrogen-bond acceptors (Lipinski definition) is 6. The summed E-state index contributed by atoms with van der Waals surface area (Å²) in [5.41, 5.74) is 3.57. The lowest BCUT2D eigenvalue weighted by Gasteiger charge is -2.12. The highest BCUT2D eigenvalue weighted by molar-refractivity contribution is 6.38. The van der Waals surface area contributed by atoms with Crippen molar-refractivity contribution in [1.82, 2.24) is 18.7 Å². The van der Waals surface area contributed by atoms with Gasteiger partial charge in [0.2, 0.25) is 0 Å². The number of nitrogens with zero attached hydrogens (tertiary/aromatic N) is 4. The largest absolute Gasteiger partial charge is 0.384 e. The average Bonchev–Trinajstić information content (AvgIpc) is 2.61. The molecule has 0 fully saturated rings. The number of benzene rings is 1. The first-order valence-electron chi connectivity index (χ1n) is 7.56. The average molecular weight is 410 g/mol. The molecule has 0 amide bonds. The zero-order valence-electron chi connectivity index (χ0n) is 14.2. The summed E-state index contributed by atoms with van der Waals surface area (Å²) in [5, 5.41) is 0.569. The van der Waals surface area contributed by atoms with Crippen LogP contribution in [0.4, 0.5) is 5.82 Å². The molecule has 2 heterocycles. The topological polar surface area (TPSA) is 122 Å². The van der Waals surface area contributed by atoms with E-state index in [-0.39, 0.29) is 32.3 Å². The van der Waals surface area contributed by atoms with Gasteiger partial charge in [-0.05, 0) is 12.1 Å². The number of anilines is 1. The van der Waals surface area contributed by atoms with Gasteiger partial charge in [-0.1, -0.05) is 23.2 Å². The van der Waals surface area contributed by atoms with Crippen LogP contribution in [0.5, 0.6) is 0 Å². The van der Waals surface area contributed by atoms with Crippen LogP contribution in [0.3, 0.4) is 0 Å². The molecular weight excluding hydrogens is 397 g/mol. The molecule has 0 atom stereocenters. The Balaban J connectivity index is 2.14. The van der Waals surface area contributed by atoms with Gasteiger partial charge in [0, 0.05) is 19.1 Å². The lowest BCUT2D eigenvalue weighted by Crippen LogP contribution is -2.42. The van der Waals surface area contributed by atoms with Crippen LogP contribution in [0, 0.1) is 0 Å². The number of rotatable bonds is 3. The maximum atomic E-state index is 12.6. The van der Waals surface area contributed by atoms with E-state index >= 15 is 0 Å². The van der Waals surface area contributed by atoms with Crippen molar-refractivity contribution >= 4 is 45.7 Å². The van der Waals surface area contributed by atoms with Gasteiger partial charge in [0.05, 0.1) is 28.8 Å². The smallest absolute Gasteiger partial charge is 0.332 e. The second-order valence-electron chi connectivity index (χ2n) is 5.85. The minimum Gasteiger partial charge on any atom is -0.384 e. The molecule has 0 aliphatic rings. The molecule has 11 heteroatoms. The second-order valence-corrected chi connectivity index (χ2v) is 6.69. The van der Waals surface area contributed by atoms with Gasteiger partial charge in [-0.25, -0.2) is 9.78 Å². The Labute approximate surface area is 161 Å². The van der Waals surface area contributed by atoms with E-state index < -0.39 is 29.1 Å². The normalized spacial score (nSPS) is 11.1. The highest BCUT2D eigenvalue weighted by atomic mass is 35.5. The van der Waals surface area contributed by atoms with E-state index in [4.69, 9.17) is 28.9 Å². The van der Waals surface area contributed by atoms with Crippen molar-refractivity contribution < 1.29 is 4.79 Å². The van der Waals surface area contributed by atoms with Crippen molar-refractivity contribution in [3.8, 4) is 0 Å². The van der Waals surface area contributed by atoms with Crippen LogP contribution in [0.2, 0.25) is 10.0 Å². The molecule has 0 aliphatic carbocycles. The highest BCUT2D eigenvalue weighted by Crippen LogP contribution is 2.24. The molecule has 0 aliphatic heterocycles. The first kappa shape index (κ1) is 18.9. The van der Waals surface area contributed by atoms with Gasteiger partial charge >= 0.3 is 5.69 Å². The Morgan fingerprint density at radius 2 is 1.78 bits per heavy atom. The molecule has 3 rings (SSSR count). The Morgan fingerprint density at radius 3 is 2.44 bits per heavy atom. The molecule has 27 heavy (non-hydrogen) atoms. The fourth-order valence-corrected chi connectivity index (χ4v) is 3.21. The van der Waals surface area contributed by atoms with Gasteiger partial charge < -0.3 is 5.73 Å². The summed E-state index contributed by atoms with van der Waals surface area (Å²) < 4.78 is 2.77. The number of aromatic nitrogens is 4. The fourth-order valence-electron chi connectivity index (χ4n) is 2.66. The van der Waals surface area contributed by atoms with Crippen LogP contribution in [0.15, 0.2) is 32.8 Å². The predicted molar refractivity (Wildman–Crippen MR) is 102 cm³/mol.